The first-order valence-corrected chi connectivity index (χ1v) is 8.85. The number of nitrogen functional groups attached to an aromatic ring is 1. The molecule has 2 amide bonds. The lowest BCUT2D eigenvalue weighted by atomic mass is 10.1. The second-order valence-electron chi connectivity index (χ2n) is 7.29. The average Bonchev–Trinajstić information content (AvgIpc) is 2.58. The molecule has 0 bridgehead atoms. The molecular weight excluding hydrogens is 380 g/mol. The number of carboxylic acids is 1. The van der Waals surface area contributed by atoms with Gasteiger partial charge in [-0.1, -0.05) is 0 Å². The summed E-state index contributed by atoms with van der Waals surface area (Å²) in [7, 11) is 0. The van der Waals surface area contributed by atoms with Gasteiger partial charge in [0.05, 0.1) is 6.42 Å². The molecule has 0 unspecified atom stereocenters. The number of hydrogen-bond acceptors (Lipinski definition) is 6. The average molecular weight is 406 g/mol. The van der Waals surface area contributed by atoms with E-state index in [1.807, 2.05) is 0 Å². The fourth-order valence-corrected chi connectivity index (χ4v) is 2.20. The van der Waals surface area contributed by atoms with Crippen molar-refractivity contribution in [2.24, 2.45) is 5.73 Å². The molecule has 1 aromatic carbocycles. The first-order chi connectivity index (χ1) is 13.4. The topological polar surface area (TPSA) is 172 Å². The van der Waals surface area contributed by atoms with Crippen molar-refractivity contribution in [3.63, 3.8) is 0 Å². The Morgan fingerprint density at radius 3 is 2.14 bits per heavy atom. The fourth-order valence-electron chi connectivity index (χ4n) is 2.20. The number of amidine groups is 1. The number of anilines is 1. The van der Waals surface area contributed by atoms with Gasteiger partial charge in [0.15, 0.2) is 0 Å². The maximum Gasteiger partial charge on any atom is 0.326 e. The predicted molar refractivity (Wildman–Crippen MR) is 105 cm³/mol. The molecule has 0 aromatic heterocycles. The Kier molecular flexibility index (Phi) is 8.31. The van der Waals surface area contributed by atoms with Gasteiger partial charge in [0.2, 0.25) is 11.8 Å². The highest BCUT2D eigenvalue weighted by atomic mass is 16.6. The van der Waals surface area contributed by atoms with Crippen LogP contribution in [0.4, 0.5) is 5.69 Å². The van der Waals surface area contributed by atoms with Crippen LogP contribution in [0.1, 0.15) is 45.6 Å². The molecule has 0 spiro atoms. The lowest BCUT2D eigenvalue weighted by Crippen LogP contribution is -2.43. The van der Waals surface area contributed by atoms with Gasteiger partial charge < -0.3 is 26.2 Å². The number of rotatable bonds is 9. The Morgan fingerprint density at radius 1 is 1.10 bits per heavy atom. The van der Waals surface area contributed by atoms with Crippen molar-refractivity contribution in [3.05, 3.63) is 29.8 Å². The van der Waals surface area contributed by atoms with E-state index < -0.39 is 41.8 Å². The third-order valence-electron chi connectivity index (χ3n) is 3.48. The van der Waals surface area contributed by atoms with Gasteiger partial charge in [-0.2, -0.15) is 0 Å². The minimum Gasteiger partial charge on any atom is -0.480 e. The summed E-state index contributed by atoms with van der Waals surface area (Å²) in [6, 6.07) is 4.82. The summed E-state index contributed by atoms with van der Waals surface area (Å²) in [4.78, 5) is 46.9. The second-order valence-corrected chi connectivity index (χ2v) is 7.29. The molecule has 158 valence electrons. The van der Waals surface area contributed by atoms with Gasteiger partial charge in [-0.05, 0) is 45.0 Å². The monoisotopic (exact) mass is 406 g/mol. The maximum atomic E-state index is 12.0. The van der Waals surface area contributed by atoms with Crippen molar-refractivity contribution in [2.75, 3.05) is 5.32 Å². The van der Waals surface area contributed by atoms with Gasteiger partial charge in [-0.3, -0.25) is 19.8 Å². The van der Waals surface area contributed by atoms with E-state index in [-0.39, 0.29) is 18.7 Å². The van der Waals surface area contributed by atoms with Crippen molar-refractivity contribution in [1.29, 1.82) is 5.41 Å². The highest BCUT2D eigenvalue weighted by Gasteiger charge is 2.26. The molecule has 0 heterocycles. The van der Waals surface area contributed by atoms with Crippen LogP contribution in [0.15, 0.2) is 24.3 Å². The molecule has 29 heavy (non-hydrogen) atoms. The predicted octanol–water partition coefficient (Wildman–Crippen LogP) is 0.991. The molecule has 1 rings (SSSR count). The Hall–Kier alpha value is -3.43. The SMILES string of the molecule is CC(C)(C)OC(=O)C[C@H](NC(=O)CCC(=O)Nc1ccc(C(=N)N)cc1)C(=O)O. The van der Waals surface area contributed by atoms with Crippen molar-refractivity contribution in [2.45, 2.75) is 51.7 Å². The largest absolute Gasteiger partial charge is 0.480 e. The summed E-state index contributed by atoms with van der Waals surface area (Å²) < 4.78 is 5.05. The van der Waals surface area contributed by atoms with Crippen molar-refractivity contribution < 1.29 is 29.0 Å². The second kappa shape index (κ2) is 10.2. The summed E-state index contributed by atoms with van der Waals surface area (Å²) in [5.41, 5.74) is 5.55. The highest BCUT2D eigenvalue weighted by molar-refractivity contribution is 5.97. The van der Waals surface area contributed by atoms with Crippen LogP contribution < -0.4 is 16.4 Å². The standard InChI is InChI=1S/C19H26N4O6/c1-19(2,3)29-16(26)10-13(18(27)28)23-15(25)9-8-14(24)22-12-6-4-11(5-7-12)17(20)21/h4-7,13H,8-10H2,1-3H3,(H3,20,21)(H,22,24)(H,23,25)(H,27,28)/t13-/m0/s1. The van der Waals surface area contributed by atoms with Crippen LogP contribution in [0.5, 0.6) is 0 Å². The van der Waals surface area contributed by atoms with Crippen LogP contribution >= 0.6 is 0 Å². The number of carbonyl (C=O) groups excluding carboxylic acids is 3. The van der Waals surface area contributed by atoms with E-state index in [9.17, 15) is 24.3 Å². The minimum atomic E-state index is -1.44. The van der Waals surface area contributed by atoms with Gasteiger partial charge in [-0.15, -0.1) is 0 Å². The molecule has 0 aliphatic rings. The maximum absolute atomic E-state index is 12.0. The number of amides is 2. The molecule has 0 radical (unpaired) electrons. The van der Waals surface area contributed by atoms with E-state index in [2.05, 4.69) is 10.6 Å². The van der Waals surface area contributed by atoms with Gasteiger partial charge in [0.25, 0.3) is 0 Å². The molecule has 0 saturated heterocycles. The van der Waals surface area contributed by atoms with E-state index in [1.54, 1.807) is 45.0 Å². The van der Waals surface area contributed by atoms with E-state index in [4.69, 9.17) is 15.9 Å². The van der Waals surface area contributed by atoms with Crippen molar-refractivity contribution >= 4 is 35.3 Å². The van der Waals surface area contributed by atoms with Gasteiger partial charge in [0, 0.05) is 24.1 Å². The van der Waals surface area contributed by atoms with Crippen LogP contribution in [-0.4, -0.2) is 46.3 Å². The molecule has 0 aliphatic carbocycles. The van der Waals surface area contributed by atoms with E-state index >= 15 is 0 Å². The zero-order valence-electron chi connectivity index (χ0n) is 16.6. The van der Waals surface area contributed by atoms with Crippen molar-refractivity contribution in [1.82, 2.24) is 5.32 Å². The first kappa shape index (κ1) is 23.6. The third-order valence-corrected chi connectivity index (χ3v) is 3.48. The summed E-state index contributed by atoms with van der Waals surface area (Å²) in [5, 5.41) is 21.3. The first-order valence-electron chi connectivity index (χ1n) is 8.85. The summed E-state index contributed by atoms with van der Waals surface area (Å²) in [5.74, 6) is -3.35. The smallest absolute Gasteiger partial charge is 0.326 e. The molecule has 10 heteroatoms. The number of esters is 1. The quantitative estimate of drug-likeness (QED) is 0.231. The van der Waals surface area contributed by atoms with Crippen LogP contribution in [0.25, 0.3) is 0 Å². The molecule has 6 N–H and O–H groups in total. The van der Waals surface area contributed by atoms with Gasteiger partial charge in [0.1, 0.15) is 17.5 Å². The van der Waals surface area contributed by atoms with E-state index in [0.29, 0.717) is 11.3 Å². The summed E-state index contributed by atoms with van der Waals surface area (Å²) >= 11 is 0. The fraction of sp³-hybridized carbons (Fsp3) is 0.421. The number of nitrogens with one attached hydrogen (secondary N) is 3. The molecule has 1 aromatic rings. The highest BCUT2D eigenvalue weighted by Crippen LogP contribution is 2.11. The number of ether oxygens (including phenoxy) is 1. The molecule has 1 atom stereocenters. The molecule has 0 saturated carbocycles. The van der Waals surface area contributed by atoms with Gasteiger partial charge in [-0.25, -0.2) is 4.79 Å². The Bertz CT molecular complexity index is 783. The Balaban J connectivity index is 2.50. The number of benzene rings is 1. The molecule has 10 nitrogen and oxygen atoms in total. The van der Waals surface area contributed by atoms with E-state index in [0.717, 1.165) is 0 Å². The number of hydrogen-bond donors (Lipinski definition) is 5. The molecule has 0 aliphatic heterocycles. The summed E-state index contributed by atoms with van der Waals surface area (Å²) in [6.07, 6.45) is -0.957. The van der Waals surface area contributed by atoms with Gasteiger partial charge >= 0.3 is 11.9 Å². The molecular formula is C19H26N4O6. The number of carbonyl (C=O) groups is 4. The minimum absolute atomic E-state index is 0.0982. The van der Waals surface area contributed by atoms with Crippen LogP contribution in [-0.2, 0) is 23.9 Å². The Labute approximate surface area is 168 Å². The lowest BCUT2D eigenvalue weighted by molar-refractivity contribution is -0.158. The molecule has 0 fully saturated rings. The van der Waals surface area contributed by atoms with Crippen LogP contribution in [0.3, 0.4) is 0 Å². The number of carboxylic acid groups (broad SMARTS) is 1. The van der Waals surface area contributed by atoms with Crippen molar-refractivity contribution in [3.8, 4) is 0 Å². The Morgan fingerprint density at radius 2 is 1.66 bits per heavy atom. The van der Waals surface area contributed by atoms with E-state index in [1.165, 1.54) is 0 Å². The number of nitrogens with two attached hydrogens (primary N) is 1. The summed E-state index contributed by atoms with van der Waals surface area (Å²) in [6.45, 7) is 4.93. The lowest BCUT2D eigenvalue weighted by Gasteiger charge is -2.21. The van der Waals surface area contributed by atoms with Crippen LogP contribution in [0, 0.1) is 5.41 Å². The normalized spacial score (nSPS) is 11.8. The number of aliphatic carboxylic acids is 1. The van der Waals surface area contributed by atoms with Crippen LogP contribution in [0.2, 0.25) is 0 Å². The zero-order chi connectivity index (χ0) is 22.2. The zero-order valence-corrected chi connectivity index (χ0v) is 16.6. The third kappa shape index (κ3) is 9.36.